The standard InChI is InChI=1S/C9H9N3O3/c1-4-6(9(14)15)5(2)12-3-10-11-8(13)7(4)12/h3H,1-2H3,(H,11,13)(H,14,15). The molecule has 2 aromatic rings. The van der Waals surface area contributed by atoms with Crippen LogP contribution in [0.4, 0.5) is 0 Å². The van der Waals surface area contributed by atoms with Crippen LogP contribution < -0.4 is 5.56 Å². The fourth-order valence-corrected chi connectivity index (χ4v) is 1.80. The number of rotatable bonds is 1. The highest BCUT2D eigenvalue weighted by atomic mass is 16.4. The maximum atomic E-state index is 11.5. The Kier molecular flexibility index (Phi) is 1.85. The van der Waals surface area contributed by atoms with Crippen LogP contribution in [0.5, 0.6) is 0 Å². The molecular weight excluding hydrogens is 198 g/mol. The number of aromatic nitrogens is 3. The van der Waals surface area contributed by atoms with Crippen LogP contribution in [0.1, 0.15) is 21.6 Å². The number of aromatic amines is 1. The quantitative estimate of drug-likeness (QED) is 0.705. The van der Waals surface area contributed by atoms with Crippen LogP contribution in [-0.4, -0.2) is 25.7 Å². The summed E-state index contributed by atoms with van der Waals surface area (Å²) in [7, 11) is 0. The summed E-state index contributed by atoms with van der Waals surface area (Å²) in [5.41, 5.74) is 1.08. The lowest BCUT2D eigenvalue weighted by Gasteiger charge is -1.94. The largest absolute Gasteiger partial charge is 0.478 e. The summed E-state index contributed by atoms with van der Waals surface area (Å²) in [4.78, 5) is 22.4. The molecule has 0 bridgehead atoms. The Hall–Kier alpha value is -2.11. The van der Waals surface area contributed by atoms with E-state index in [0.717, 1.165) is 0 Å². The van der Waals surface area contributed by atoms with Gasteiger partial charge in [-0.3, -0.25) is 9.20 Å². The summed E-state index contributed by atoms with van der Waals surface area (Å²) in [6, 6.07) is 0. The highest BCUT2D eigenvalue weighted by molar-refractivity contribution is 5.93. The SMILES string of the molecule is Cc1c(C(=O)O)c(C)n2cn[nH]c(=O)c12. The van der Waals surface area contributed by atoms with Crippen molar-refractivity contribution < 1.29 is 9.90 Å². The first-order valence-electron chi connectivity index (χ1n) is 4.32. The molecule has 6 nitrogen and oxygen atoms in total. The van der Waals surface area contributed by atoms with Crippen LogP contribution in [-0.2, 0) is 0 Å². The summed E-state index contributed by atoms with van der Waals surface area (Å²) in [5.74, 6) is -1.03. The molecule has 0 unspecified atom stereocenters. The minimum atomic E-state index is -1.03. The van der Waals surface area contributed by atoms with Crippen LogP contribution >= 0.6 is 0 Å². The van der Waals surface area contributed by atoms with Crippen LogP contribution in [0.2, 0.25) is 0 Å². The third kappa shape index (κ3) is 1.14. The zero-order valence-electron chi connectivity index (χ0n) is 8.24. The van der Waals surface area contributed by atoms with Crippen molar-refractivity contribution in [1.82, 2.24) is 14.6 Å². The van der Waals surface area contributed by atoms with Crippen LogP contribution in [0, 0.1) is 13.8 Å². The Bertz CT molecular complexity index is 609. The number of nitrogens with one attached hydrogen (secondary N) is 1. The Morgan fingerprint density at radius 2 is 2.20 bits per heavy atom. The lowest BCUT2D eigenvalue weighted by molar-refractivity contribution is 0.0695. The zero-order valence-corrected chi connectivity index (χ0v) is 8.24. The normalized spacial score (nSPS) is 10.8. The van der Waals surface area contributed by atoms with Gasteiger partial charge in [0.15, 0.2) is 0 Å². The van der Waals surface area contributed by atoms with Crippen molar-refractivity contribution in [3.05, 3.63) is 33.5 Å². The van der Waals surface area contributed by atoms with E-state index in [2.05, 4.69) is 10.2 Å². The molecule has 0 spiro atoms. The first-order valence-corrected chi connectivity index (χ1v) is 4.32. The molecule has 78 valence electrons. The van der Waals surface area contributed by atoms with E-state index in [1.165, 1.54) is 10.7 Å². The van der Waals surface area contributed by atoms with Crippen molar-refractivity contribution >= 4 is 11.5 Å². The first kappa shape index (κ1) is 9.45. The van der Waals surface area contributed by atoms with Crippen molar-refractivity contribution in [3.63, 3.8) is 0 Å². The summed E-state index contributed by atoms with van der Waals surface area (Å²) in [6.07, 6.45) is 1.39. The number of carboxylic acids is 1. The van der Waals surface area contributed by atoms with Crippen LogP contribution in [0.25, 0.3) is 5.52 Å². The number of hydrogen-bond donors (Lipinski definition) is 2. The maximum Gasteiger partial charge on any atom is 0.337 e. The van der Waals surface area contributed by atoms with Gasteiger partial charge in [-0.25, -0.2) is 9.89 Å². The smallest absolute Gasteiger partial charge is 0.337 e. The van der Waals surface area contributed by atoms with E-state index in [-0.39, 0.29) is 11.1 Å². The van der Waals surface area contributed by atoms with Gasteiger partial charge in [0.1, 0.15) is 11.8 Å². The molecule has 0 aliphatic rings. The summed E-state index contributed by atoms with van der Waals surface area (Å²) < 4.78 is 1.48. The highest BCUT2D eigenvalue weighted by Crippen LogP contribution is 2.18. The van der Waals surface area contributed by atoms with E-state index >= 15 is 0 Å². The highest BCUT2D eigenvalue weighted by Gasteiger charge is 2.19. The Balaban J connectivity index is 3.05. The number of fused-ring (bicyclic) bond motifs is 1. The van der Waals surface area contributed by atoms with Gasteiger partial charge < -0.3 is 5.11 Å². The molecule has 0 fully saturated rings. The predicted molar refractivity (Wildman–Crippen MR) is 52.2 cm³/mol. The summed E-state index contributed by atoms with van der Waals surface area (Å²) in [6.45, 7) is 3.26. The minimum Gasteiger partial charge on any atom is -0.478 e. The van der Waals surface area contributed by atoms with Gasteiger partial charge in [-0.05, 0) is 19.4 Å². The lowest BCUT2D eigenvalue weighted by atomic mass is 10.1. The van der Waals surface area contributed by atoms with Gasteiger partial charge in [-0.2, -0.15) is 5.10 Å². The van der Waals surface area contributed by atoms with E-state index in [1.807, 2.05) is 0 Å². The third-order valence-electron chi connectivity index (χ3n) is 2.46. The van der Waals surface area contributed by atoms with Crippen LogP contribution in [0.15, 0.2) is 11.1 Å². The Morgan fingerprint density at radius 1 is 1.53 bits per heavy atom. The van der Waals surface area contributed by atoms with Crippen molar-refractivity contribution in [2.45, 2.75) is 13.8 Å². The van der Waals surface area contributed by atoms with Gasteiger partial charge >= 0.3 is 5.97 Å². The molecule has 0 saturated heterocycles. The molecule has 0 saturated carbocycles. The molecule has 0 radical (unpaired) electrons. The van der Waals surface area contributed by atoms with Crippen molar-refractivity contribution in [2.24, 2.45) is 0 Å². The van der Waals surface area contributed by atoms with Gasteiger partial charge in [0.25, 0.3) is 5.56 Å². The van der Waals surface area contributed by atoms with E-state index < -0.39 is 5.97 Å². The Morgan fingerprint density at radius 3 is 2.73 bits per heavy atom. The monoisotopic (exact) mass is 207 g/mol. The molecular formula is C9H9N3O3. The van der Waals surface area contributed by atoms with Gasteiger partial charge in [-0.15, -0.1) is 0 Å². The first-order chi connectivity index (χ1) is 7.04. The molecule has 2 heterocycles. The number of aromatic carboxylic acids is 1. The van der Waals surface area contributed by atoms with E-state index in [1.54, 1.807) is 13.8 Å². The fraction of sp³-hybridized carbons (Fsp3) is 0.222. The van der Waals surface area contributed by atoms with Crippen molar-refractivity contribution in [3.8, 4) is 0 Å². The zero-order chi connectivity index (χ0) is 11.2. The Labute approximate surface area is 84.2 Å². The number of aryl methyl sites for hydroxylation is 2. The fourth-order valence-electron chi connectivity index (χ4n) is 1.80. The number of carbonyl (C=O) groups is 1. The minimum absolute atomic E-state index is 0.161. The summed E-state index contributed by atoms with van der Waals surface area (Å²) in [5, 5.41) is 14.9. The average Bonchev–Trinajstić information content (AvgIpc) is 2.40. The molecule has 2 aromatic heterocycles. The van der Waals surface area contributed by atoms with Gasteiger partial charge in [0.05, 0.1) is 5.56 Å². The second kappa shape index (κ2) is 2.94. The number of nitrogens with zero attached hydrogens (tertiary/aromatic N) is 2. The van der Waals surface area contributed by atoms with E-state index in [9.17, 15) is 9.59 Å². The number of hydrogen-bond acceptors (Lipinski definition) is 3. The molecule has 6 heteroatoms. The molecule has 0 aromatic carbocycles. The second-order valence-corrected chi connectivity index (χ2v) is 3.29. The molecule has 2 N–H and O–H groups in total. The molecule has 2 rings (SSSR count). The van der Waals surface area contributed by atoms with Crippen molar-refractivity contribution in [1.29, 1.82) is 0 Å². The van der Waals surface area contributed by atoms with Crippen molar-refractivity contribution in [2.75, 3.05) is 0 Å². The maximum absolute atomic E-state index is 11.5. The molecule has 0 amide bonds. The molecule has 0 atom stereocenters. The van der Waals surface area contributed by atoms with Crippen LogP contribution in [0.3, 0.4) is 0 Å². The van der Waals surface area contributed by atoms with E-state index in [0.29, 0.717) is 16.8 Å². The predicted octanol–water partition coefficient (Wildman–Crippen LogP) is 0.338. The summed E-state index contributed by atoms with van der Waals surface area (Å²) >= 11 is 0. The molecule has 0 aliphatic carbocycles. The number of carboxylic acid groups (broad SMARTS) is 1. The lowest BCUT2D eigenvalue weighted by Crippen LogP contribution is -2.11. The molecule has 0 aliphatic heterocycles. The second-order valence-electron chi connectivity index (χ2n) is 3.29. The third-order valence-corrected chi connectivity index (χ3v) is 2.46. The number of H-pyrrole nitrogens is 1. The average molecular weight is 207 g/mol. The van der Waals surface area contributed by atoms with Gasteiger partial charge in [0.2, 0.25) is 0 Å². The van der Waals surface area contributed by atoms with Gasteiger partial charge in [0, 0.05) is 5.69 Å². The van der Waals surface area contributed by atoms with E-state index in [4.69, 9.17) is 5.11 Å². The molecule has 15 heavy (non-hydrogen) atoms. The topological polar surface area (TPSA) is 87.5 Å². The van der Waals surface area contributed by atoms with Gasteiger partial charge in [-0.1, -0.05) is 0 Å².